The number of rotatable bonds is 2. The smallest absolute Gasteiger partial charge is 0.417 e. The standard InChI is InChI=1S/C38H12F12N6O2/c39-35(40,41)19-1-3-21(27(8-19)37(45,46)47)25-6-16-5-15-7-26(22-4-2-20(36(42,43)44)9-28(22)38(48,49)50)32-29(55-33(58-32)17(11-51)12-52)23(15)10-24(16)31-30(25)56-34(57-31)18(13-53)14-54/h1-10,55-56H. The van der Waals surface area contributed by atoms with Gasteiger partial charge in [0.1, 0.15) is 24.3 Å². The molecule has 5 aromatic rings. The minimum absolute atomic E-state index is 0.0132. The zero-order valence-corrected chi connectivity index (χ0v) is 27.9. The molecule has 0 unspecified atom stereocenters. The predicted octanol–water partition coefficient (Wildman–Crippen LogP) is 11.5. The number of nitrogens with zero attached hydrogens (tertiary/aromatic N) is 4. The van der Waals surface area contributed by atoms with Crippen LogP contribution in [-0.2, 0) is 24.7 Å². The van der Waals surface area contributed by atoms with Crippen LogP contribution in [0.2, 0.25) is 0 Å². The van der Waals surface area contributed by atoms with Gasteiger partial charge in [0.05, 0.1) is 33.6 Å². The highest BCUT2D eigenvalue weighted by atomic mass is 19.4. The van der Waals surface area contributed by atoms with Gasteiger partial charge < -0.3 is 20.1 Å². The van der Waals surface area contributed by atoms with Crippen molar-refractivity contribution in [3.05, 3.63) is 106 Å². The largest absolute Gasteiger partial charge is 0.436 e. The number of alkyl halides is 12. The van der Waals surface area contributed by atoms with Gasteiger partial charge in [-0.3, -0.25) is 0 Å². The fourth-order valence-corrected chi connectivity index (χ4v) is 6.46. The van der Waals surface area contributed by atoms with Gasteiger partial charge in [-0.1, -0.05) is 12.1 Å². The molecule has 2 aliphatic heterocycles. The molecule has 58 heavy (non-hydrogen) atoms. The van der Waals surface area contributed by atoms with Crippen LogP contribution in [-0.4, -0.2) is 0 Å². The molecule has 0 fully saturated rings. The van der Waals surface area contributed by atoms with Crippen LogP contribution in [0.4, 0.5) is 64.1 Å². The molecule has 0 radical (unpaired) electrons. The van der Waals surface area contributed by atoms with E-state index in [4.69, 9.17) is 9.47 Å². The van der Waals surface area contributed by atoms with E-state index in [2.05, 4.69) is 10.6 Å². The van der Waals surface area contributed by atoms with Crippen LogP contribution in [0.3, 0.4) is 0 Å². The summed E-state index contributed by atoms with van der Waals surface area (Å²) in [6.07, 6.45) is -21.2. The summed E-state index contributed by atoms with van der Waals surface area (Å²) in [5, 5.41) is 43.1. The van der Waals surface area contributed by atoms with Crippen molar-refractivity contribution < 1.29 is 62.2 Å². The molecule has 0 saturated heterocycles. The fourth-order valence-electron chi connectivity index (χ4n) is 6.46. The van der Waals surface area contributed by atoms with Crippen molar-refractivity contribution in [3.63, 3.8) is 0 Å². The van der Waals surface area contributed by atoms with Crippen molar-refractivity contribution in [2.75, 3.05) is 10.6 Å². The highest BCUT2D eigenvalue weighted by Crippen LogP contribution is 2.55. The zero-order valence-electron chi connectivity index (χ0n) is 27.9. The van der Waals surface area contributed by atoms with Gasteiger partial charge in [0, 0.05) is 21.9 Å². The SMILES string of the molecule is N#CC(C#N)=C1Nc2c(c(-c3ccc(C(F)(F)F)cc3C(F)(F)F)cc3cc4cc(-c5ccc(C(F)(F)F)cc5C(F)(F)F)c5c(c4cc23)OC(=C(C#N)C#N)N5)O1. The van der Waals surface area contributed by atoms with E-state index in [1.54, 1.807) is 0 Å². The Morgan fingerprint density at radius 1 is 0.448 bits per heavy atom. The van der Waals surface area contributed by atoms with E-state index in [1.807, 2.05) is 0 Å². The van der Waals surface area contributed by atoms with Gasteiger partial charge in [-0.2, -0.15) is 73.7 Å². The number of hydrogen-bond donors (Lipinski definition) is 2. The second kappa shape index (κ2) is 13.0. The molecule has 2 aliphatic rings. The van der Waals surface area contributed by atoms with Gasteiger partial charge >= 0.3 is 24.7 Å². The molecule has 0 amide bonds. The molecule has 0 saturated carbocycles. The second-order valence-corrected chi connectivity index (χ2v) is 12.4. The predicted molar refractivity (Wildman–Crippen MR) is 177 cm³/mol. The maximum absolute atomic E-state index is 14.4. The van der Waals surface area contributed by atoms with Crippen molar-refractivity contribution in [2.45, 2.75) is 24.7 Å². The lowest BCUT2D eigenvalue weighted by molar-refractivity contribution is -0.144. The third kappa shape index (κ3) is 6.40. The lowest BCUT2D eigenvalue weighted by Gasteiger charge is -2.19. The van der Waals surface area contributed by atoms with Crippen LogP contribution in [0.15, 0.2) is 83.6 Å². The molecule has 0 spiro atoms. The zero-order chi connectivity index (χ0) is 42.3. The lowest BCUT2D eigenvalue weighted by Crippen LogP contribution is -2.12. The first-order chi connectivity index (χ1) is 27.1. The van der Waals surface area contributed by atoms with Gasteiger partial charge in [0.25, 0.3) is 0 Å². The van der Waals surface area contributed by atoms with Crippen LogP contribution in [0.25, 0.3) is 43.8 Å². The number of anilines is 2. The van der Waals surface area contributed by atoms with Crippen LogP contribution < -0.4 is 20.1 Å². The third-order valence-electron chi connectivity index (χ3n) is 8.97. The van der Waals surface area contributed by atoms with Crippen molar-refractivity contribution in [3.8, 4) is 58.0 Å². The molecule has 0 aliphatic carbocycles. The molecule has 5 aromatic carbocycles. The highest BCUT2D eigenvalue weighted by molar-refractivity contribution is 6.14. The average molecular weight is 813 g/mol. The van der Waals surface area contributed by atoms with E-state index >= 15 is 0 Å². The van der Waals surface area contributed by atoms with E-state index < -0.39 is 97.9 Å². The summed E-state index contributed by atoms with van der Waals surface area (Å²) < 4.78 is 180. The molecule has 0 atom stereocenters. The summed E-state index contributed by atoms with van der Waals surface area (Å²) in [5.74, 6) is -1.99. The van der Waals surface area contributed by atoms with Crippen molar-refractivity contribution in [1.29, 1.82) is 21.0 Å². The normalized spacial score (nSPS) is 13.6. The first-order valence-electron chi connectivity index (χ1n) is 15.8. The van der Waals surface area contributed by atoms with Crippen LogP contribution in [0.1, 0.15) is 22.3 Å². The van der Waals surface area contributed by atoms with E-state index in [1.165, 1.54) is 36.4 Å². The second-order valence-electron chi connectivity index (χ2n) is 12.4. The Morgan fingerprint density at radius 2 is 0.879 bits per heavy atom. The Morgan fingerprint density at radius 3 is 1.34 bits per heavy atom. The molecule has 290 valence electrons. The Kier molecular flexibility index (Phi) is 8.67. The Labute approximate surface area is 315 Å². The number of hydrogen-bond acceptors (Lipinski definition) is 8. The average Bonchev–Trinajstić information content (AvgIpc) is 3.79. The molecule has 0 aromatic heterocycles. The lowest BCUT2D eigenvalue weighted by atomic mass is 9.90. The third-order valence-corrected chi connectivity index (χ3v) is 8.97. The number of allylic oxidation sites excluding steroid dienone is 2. The molecule has 2 N–H and O–H groups in total. The number of nitriles is 4. The Balaban J connectivity index is 1.60. The van der Waals surface area contributed by atoms with E-state index in [-0.39, 0.29) is 50.8 Å². The summed E-state index contributed by atoms with van der Waals surface area (Å²) in [7, 11) is 0. The number of halogens is 12. The van der Waals surface area contributed by atoms with Gasteiger partial charge in [0.2, 0.25) is 11.8 Å². The van der Waals surface area contributed by atoms with E-state index in [0.717, 1.165) is 12.1 Å². The monoisotopic (exact) mass is 812 g/mol. The molecule has 2 heterocycles. The van der Waals surface area contributed by atoms with Gasteiger partial charge in [0.15, 0.2) is 22.6 Å². The van der Waals surface area contributed by atoms with Crippen LogP contribution in [0, 0.1) is 45.3 Å². The maximum atomic E-state index is 14.4. The minimum atomic E-state index is -5.40. The quantitative estimate of drug-likeness (QED) is 0.102. The maximum Gasteiger partial charge on any atom is 0.417 e. The first kappa shape index (κ1) is 38.7. The van der Waals surface area contributed by atoms with Gasteiger partial charge in [-0.25, -0.2) is 0 Å². The molecule has 7 rings (SSSR count). The summed E-state index contributed by atoms with van der Waals surface area (Å²) in [6.45, 7) is 0. The molecular formula is C38H12F12N6O2. The van der Waals surface area contributed by atoms with Crippen LogP contribution >= 0.6 is 0 Å². The number of benzene rings is 5. The van der Waals surface area contributed by atoms with Crippen LogP contribution in [0.5, 0.6) is 11.5 Å². The summed E-state index contributed by atoms with van der Waals surface area (Å²) in [5.41, 5.74) is -11.4. The van der Waals surface area contributed by atoms with E-state index in [9.17, 15) is 73.7 Å². The highest BCUT2D eigenvalue weighted by Gasteiger charge is 2.42. The van der Waals surface area contributed by atoms with Crippen molar-refractivity contribution in [1.82, 2.24) is 0 Å². The fraction of sp³-hybridized carbons (Fsp3) is 0.105. The Bertz CT molecular complexity index is 2670. The molecular weight excluding hydrogens is 800 g/mol. The molecule has 8 nitrogen and oxygen atoms in total. The van der Waals surface area contributed by atoms with Gasteiger partial charge in [-0.15, -0.1) is 0 Å². The van der Waals surface area contributed by atoms with Gasteiger partial charge in [-0.05, 0) is 70.4 Å². The van der Waals surface area contributed by atoms with E-state index in [0.29, 0.717) is 24.3 Å². The summed E-state index contributed by atoms with van der Waals surface area (Å²) in [4.78, 5) is 0. The number of nitrogens with one attached hydrogen (secondary N) is 2. The van der Waals surface area contributed by atoms with Crippen molar-refractivity contribution in [2.24, 2.45) is 0 Å². The number of fused-ring (bicyclic) bond motifs is 6. The first-order valence-corrected chi connectivity index (χ1v) is 15.8. The number of ether oxygens (including phenoxy) is 2. The summed E-state index contributed by atoms with van der Waals surface area (Å²) >= 11 is 0. The topological polar surface area (TPSA) is 138 Å². The summed E-state index contributed by atoms with van der Waals surface area (Å²) in [6, 6.07) is 12.3. The molecule has 0 bridgehead atoms. The molecule has 20 heteroatoms. The van der Waals surface area contributed by atoms with Crippen molar-refractivity contribution >= 4 is 32.9 Å². The minimum Gasteiger partial charge on any atom is -0.436 e. The Hall–Kier alpha value is -7.58.